The van der Waals surface area contributed by atoms with Gasteiger partial charge in [0.2, 0.25) is 59.1 Å². The van der Waals surface area contributed by atoms with Gasteiger partial charge in [-0.05, 0) is 87.8 Å². The third kappa shape index (κ3) is 23.5. The van der Waals surface area contributed by atoms with Crippen LogP contribution in [0.1, 0.15) is 139 Å². The lowest BCUT2D eigenvalue weighted by molar-refractivity contribution is -0.136. The Labute approximate surface area is 455 Å². The first kappa shape index (κ1) is 66.9. The summed E-state index contributed by atoms with van der Waals surface area (Å²) in [5.41, 5.74) is 12.4. The number of unbranched alkanes of at least 4 members (excludes halogenated alkanes) is 2. The van der Waals surface area contributed by atoms with Gasteiger partial charge in [0.15, 0.2) is 0 Å². The van der Waals surface area contributed by atoms with Crippen molar-refractivity contribution in [2.24, 2.45) is 35.1 Å². The molecular formula is C54H92N12O11. The van der Waals surface area contributed by atoms with Gasteiger partial charge < -0.3 is 69.7 Å². The lowest BCUT2D eigenvalue weighted by Gasteiger charge is -2.30. The third-order valence-electron chi connectivity index (χ3n) is 13.3. The van der Waals surface area contributed by atoms with Crippen molar-refractivity contribution in [2.45, 2.75) is 200 Å². The molecule has 0 aromatic heterocycles. The topological polar surface area (TPSA) is 363 Å². The molecule has 0 bridgehead atoms. The molecule has 2 rings (SSSR count). The van der Waals surface area contributed by atoms with E-state index >= 15 is 0 Å². The maximum Gasteiger partial charge on any atom is 0.245 e. The summed E-state index contributed by atoms with van der Waals surface area (Å²) < 4.78 is 0. The highest BCUT2D eigenvalue weighted by Gasteiger charge is 2.38. The smallest absolute Gasteiger partial charge is 0.245 e. The molecular weight excluding hydrogens is 993 g/mol. The van der Waals surface area contributed by atoms with Crippen molar-refractivity contribution in [2.75, 3.05) is 19.6 Å². The minimum Gasteiger partial charge on any atom is -0.391 e. The molecule has 1 heterocycles. The number of hydrogen-bond donors (Lipinski definition) is 13. The Morgan fingerprint density at radius 1 is 0.636 bits per heavy atom. The van der Waals surface area contributed by atoms with Crippen LogP contribution in [0.4, 0.5) is 0 Å². The monoisotopic (exact) mass is 1080 g/mol. The van der Waals surface area contributed by atoms with E-state index in [2.05, 4.69) is 53.2 Å². The van der Waals surface area contributed by atoms with Crippen molar-refractivity contribution in [3.05, 3.63) is 35.9 Å². The fourth-order valence-corrected chi connectivity index (χ4v) is 8.60. The molecule has 1 aromatic carbocycles. The molecule has 1 aliphatic rings. The fourth-order valence-electron chi connectivity index (χ4n) is 8.60. The number of benzene rings is 1. The zero-order valence-electron chi connectivity index (χ0n) is 47.1. The minimum absolute atomic E-state index is 0.0431. The Bertz CT molecular complexity index is 2090. The predicted molar refractivity (Wildman–Crippen MR) is 292 cm³/mol. The summed E-state index contributed by atoms with van der Waals surface area (Å²) in [7, 11) is 0. The molecule has 0 unspecified atom stereocenters. The van der Waals surface area contributed by atoms with Gasteiger partial charge in [0.25, 0.3) is 0 Å². The molecule has 0 aliphatic carbocycles. The van der Waals surface area contributed by atoms with Gasteiger partial charge in [0, 0.05) is 19.4 Å². The standard InChI is InChI=1S/C54H92N12O11/c1-11-13-15-20-42(68)58-36(21-24-55)47(70)65-44(33(9)12-2)54(77)60-38-23-26-57-52(75)45(34(10)67)66-51(74)40(28-31(5)6)63-53(76)43(32(7)8)64-48(71)37(22-25-56)59-49(72)39(27-30(3)4)61-50(73)41(62-46(38)69)29-35-18-16-14-17-19-35/h14,16-19,30-34,36-41,43-45,67H,11-13,15,20-29,55-56H2,1-10H3,(H,57,75)(H,58,68)(H,59,72)(H,60,77)(H,61,73)(H,62,69)(H,63,76)(H,64,71)(H,65,70)(H,66,74)/t33-,34+,36-,37-,38-,39-,40-,41+,43+,44-,45-/m0/s1. The van der Waals surface area contributed by atoms with Crippen LogP contribution in [0.15, 0.2) is 30.3 Å². The number of hydrogen-bond acceptors (Lipinski definition) is 13. The lowest BCUT2D eigenvalue weighted by Crippen LogP contribution is -2.61. The van der Waals surface area contributed by atoms with Crippen LogP contribution in [-0.4, -0.2) is 144 Å². The van der Waals surface area contributed by atoms with Gasteiger partial charge in [-0.15, -0.1) is 0 Å². The van der Waals surface area contributed by atoms with Crippen molar-refractivity contribution < 1.29 is 53.1 Å². The number of carbonyl (C=O) groups is 10. The normalized spacial score (nSPS) is 23.4. The van der Waals surface area contributed by atoms with Gasteiger partial charge in [0.05, 0.1) is 6.10 Å². The van der Waals surface area contributed by atoms with Crippen LogP contribution in [0.25, 0.3) is 0 Å². The SMILES string of the molecule is CCCCCC(=O)N[C@@H](CCN)C(=O)N[C@H](C(=O)N[C@H]1CCNC(=O)[C@H]([C@@H](C)O)NC(=O)[C@H](CC(C)C)NC(=O)[C@@H](C(C)C)NC(=O)[C@H](CCN)NC(=O)[C@H](CC(C)C)NC(=O)[C@@H](Cc2ccccc2)NC1=O)[C@@H](C)CC. The van der Waals surface area contributed by atoms with Crippen molar-refractivity contribution in [1.29, 1.82) is 0 Å². The second-order valence-corrected chi connectivity index (χ2v) is 21.4. The number of aliphatic hydroxyl groups is 1. The molecule has 1 fully saturated rings. The van der Waals surface area contributed by atoms with E-state index in [1.54, 1.807) is 58.0 Å². The summed E-state index contributed by atoms with van der Waals surface area (Å²) >= 11 is 0. The van der Waals surface area contributed by atoms with E-state index in [1.807, 2.05) is 34.6 Å². The predicted octanol–water partition coefficient (Wildman–Crippen LogP) is -0.435. The van der Waals surface area contributed by atoms with Gasteiger partial charge in [0.1, 0.15) is 54.4 Å². The summed E-state index contributed by atoms with van der Waals surface area (Å²) in [6.07, 6.45) is 1.13. The quantitative estimate of drug-likeness (QED) is 0.0620. The molecule has 0 saturated carbocycles. The molecule has 1 aliphatic heterocycles. The maximum absolute atomic E-state index is 14.7. The van der Waals surface area contributed by atoms with Crippen LogP contribution in [0.5, 0.6) is 0 Å². The van der Waals surface area contributed by atoms with Crippen molar-refractivity contribution in [1.82, 2.24) is 53.2 Å². The van der Waals surface area contributed by atoms with Crippen LogP contribution in [0.3, 0.4) is 0 Å². The number of amides is 10. The Morgan fingerprint density at radius 2 is 1.18 bits per heavy atom. The van der Waals surface area contributed by atoms with Gasteiger partial charge in [-0.25, -0.2) is 0 Å². The highest BCUT2D eigenvalue weighted by Crippen LogP contribution is 2.14. The fraction of sp³-hybridized carbons (Fsp3) is 0.704. The third-order valence-corrected chi connectivity index (χ3v) is 13.3. The average molecular weight is 1090 g/mol. The van der Waals surface area contributed by atoms with Crippen LogP contribution >= 0.6 is 0 Å². The highest BCUT2D eigenvalue weighted by molar-refractivity contribution is 5.99. The number of nitrogens with two attached hydrogens (primary N) is 2. The minimum atomic E-state index is -1.59. The van der Waals surface area contributed by atoms with E-state index < -0.39 is 125 Å². The molecule has 15 N–H and O–H groups in total. The van der Waals surface area contributed by atoms with Crippen LogP contribution in [-0.2, 0) is 54.4 Å². The van der Waals surface area contributed by atoms with Crippen LogP contribution in [0, 0.1) is 23.7 Å². The van der Waals surface area contributed by atoms with E-state index in [0.29, 0.717) is 18.4 Å². The summed E-state index contributed by atoms with van der Waals surface area (Å²) in [5, 5.41) is 37.8. The summed E-state index contributed by atoms with van der Waals surface area (Å²) in [6, 6.07) is -3.19. The Kier molecular flexibility index (Phi) is 30.0. The number of carbonyl (C=O) groups excluding carboxylic acids is 10. The molecule has 434 valence electrons. The van der Waals surface area contributed by atoms with Crippen LogP contribution in [0.2, 0.25) is 0 Å². The largest absolute Gasteiger partial charge is 0.391 e. The van der Waals surface area contributed by atoms with Gasteiger partial charge in [-0.2, -0.15) is 0 Å². The van der Waals surface area contributed by atoms with Crippen molar-refractivity contribution >= 4 is 59.1 Å². The Hall–Kier alpha value is -6.20. The number of nitrogens with one attached hydrogen (secondary N) is 10. The van der Waals surface area contributed by atoms with Gasteiger partial charge >= 0.3 is 0 Å². The molecule has 10 amide bonds. The molecule has 11 atom stereocenters. The highest BCUT2D eigenvalue weighted by atomic mass is 16.3. The molecule has 1 aromatic rings. The second-order valence-electron chi connectivity index (χ2n) is 21.4. The zero-order chi connectivity index (χ0) is 57.9. The number of aliphatic hydroxyl groups excluding tert-OH is 1. The molecule has 0 radical (unpaired) electrons. The van der Waals surface area contributed by atoms with E-state index in [4.69, 9.17) is 11.5 Å². The molecule has 0 spiro atoms. The van der Waals surface area contributed by atoms with E-state index in [9.17, 15) is 53.1 Å². The summed E-state index contributed by atoms with van der Waals surface area (Å²) in [5.74, 6) is -8.90. The van der Waals surface area contributed by atoms with E-state index in [-0.39, 0.29) is 82.3 Å². The first-order valence-corrected chi connectivity index (χ1v) is 27.5. The summed E-state index contributed by atoms with van der Waals surface area (Å²) in [4.78, 5) is 141. The zero-order valence-corrected chi connectivity index (χ0v) is 47.1. The number of rotatable bonds is 23. The average Bonchev–Trinajstić information content (AvgIpc) is 3.36. The molecule has 23 heteroatoms. The maximum atomic E-state index is 14.7. The summed E-state index contributed by atoms with van der Waals surface area (Å²) in [6.45, 7) is 17.0. The van der Waals surface area contributed by atoms with Crippen molar-refractivity contribution in [3.8, 4) is 0 Å². The van der Waals surface area contributed by atoms with Crippen LogP contribution < -0.4 is 64.6 Å². The Balaban J connectivity index is 2.81. The Morgan fingerprint density at radius 3 is 1.73 bits per heavy atom. The molecule has 1 saturated heterocycles. The van der Waals surface area contributed by atoms with Crippen molar-refractivity contribution in [3.63, 3.8) is 0 Å². The molecule has 77 heavy (non-hydrogen) atoms. The van der Waals surface area contributed by atoms with Gasteiger partial charge in [-0.1, -0.05) is 112 Å². The van der Waals surface area contributed by atoms with E-state index in [0.717, 1.165) is 12.8 Å². The lowest BCUT2D eigenvalue weighted by atomic mass is 9.96. The van der Waals surface area contributed by atoms with Gasteiger partial charge in [-0.3, -0.25) is 47.9 Å². The second kappa shape index (κ2) is 34.5. The van der Waals surface area contributed by atoms with E-state index in [1.165, 1.54) is 6.92 Å². The first-order valence-electron chi connectivity index (χ1n) is 27.5. The first-order chi connectivity index (χ1) is 36.4. The molecule has 23 nitrogen and oxygen atoms in total.